The largest absolute Gasteiger partial charge is 0.439 e. The molecule has 104 valence electrons. The molecule has 0 bridgehead atoms. The number of nitrogens with zero attached hydrogens (tertiary/aromatic N) is 3. The molecule has 0 fully saturated rings. The highest BCUT2D eigenvalue weighted by Gasteiger charge is 2.09. The average molecular weight is 271 g/mol. The van der Waals surface area contributed by atoms with E-state index in [1.54, 1.807) is 44.4 Å². The molecule has 1 amide bonds. The first-order valence-electron chi connectivity index (χ1n) is 6.27. The van der Waals surface area contributed by atoms with Crippen molar-refractivity contribution in [2.45, 2.75) is 13.8 Å². The van der Waals surface area contributed by atoms with Crippen LogP contribution in [0.5, 0.6) is 11.6 Å². The van der Waals surface area contributed by atoms with Crippen molar-refractivity contribution in [3.05, 3.63) is 47.4 Å². The Bertz CT molecular complexity index is 619. The van der Waals surface area contributed by atoms with Gasteiger partial charge in [-0.3, -0.25) is 4.79 Å². The molecule has 0 atom stereocenters. The first-order chi connectivity index (χ1) is 9.45. The van der Waals surface area contributed by atoms with Crippen LogP contribution in [0.25, 0.3) is 0 Å². The van der Waals surface area contributed by atoms with Crippen LogP contribution in [0.2, 0.25) is 0 Å². The number of aromatic nitrogens is 2. The number of rotatable bonds is 3. The summed E-state index contributed by atoms with van der Waals surface area (Å²) in [6.45, 7) is 3.69. The van der Waals surface area contributed by atoms with E-state index in [0.717, 1.165) is 5.69 Å². The van der Waals surface area contributed by atoms with E-state index in [-0.39, 0.29) is 5.91 Å². The van der Waals surface area contributed by atoms with Gasteiger partial charge in [-0.15, -0.1) is 0 Å². The van der Waals surface area contributed by atoms with Crippen molar-refractivity contribution in [2.75, 3.05) is 14.1 Å². The van der Waals surface area contributed by atoms with E-state index >= 15 is 0 Å². The van der Waals surface area contributed by atoms with Crippen LogP contribution < -0.4 is 4.74 Å². The zero-order valence-electron chi connectivity index (χ0n) is 12.0. The minimum Gasteiger partial charge on any atom is -0.439 e. The Morgan fingerprint density at radius 3 is 2.55 bits per heavy atom. The Kier molecular flexibility index (Phi) is 3.98. The third kappa shape index (κ3) is 3.32. The van der Waals surface area contributed by atoms with E-state index in [0.29, 0.717) is 23.0 Å². The van der Waals surface area contributed by atoms with Crippen molar-refractivity contribution in [3.8, 4) is 11.6 Å². The second kappa shape index (κ2) is 5.69. The quantitative estimate of drug-likeness (QED) is 0.861. The van der Waals surface area contributed by atoms with E-state index in [1.807, 2.05) is 13.8 Å². The molecule has 1 heterocycles. The standard InChI is InChI=1S/C15H17N3O2/c1-10-8-14(17-11(2)16-10)20-13-7-5-6-12(9-13)15(19)18(3)4/h5-9H,1-4H3. The molecule has 5 nitrogen and oxygen atoms in total. The van der Waals surface area contributed by atoms with Crippen molar-refractivity contribution >= 4 is 5.91 Å². The molecule has 2 aromatic rings. The number of carbonyl (C=O) groups excluding carboxylic acids is 1. The van der Waals surface area contributed by atoms with Crippen LogP contribution in [0, 0.1) is 13.8 Å². The van der Waals surface area contributed by atoms with Gasteiger partial charge in [0.1, 0.15) is 11.6 Å². The predicted molar refractivity (Wildman–Crippen MR) is 76.0 cm³/mol. The van der Waals surface area contributed by atoms with Gasteiger partial charge in [-0.25, -0.2) is 4.98 Å². The van der Waals surface area contributed by atoms with Crippen molar-refractivity contribution in [2.24, 2.45) is 0 Å². The van der Waals surface area contributed by atoms with Crippen molar-refractivity contribution in [3.63, 3.8) is 0 Å². The maximum Gasteiger partial charge on any atom is 0.253 e. The first kappa shape index (κ1) is 14.0. The molecule has 0 radical (unpaired) electrons. The lowest BCUT2D eigenvalue weighted by Gasteiger charge is -2.11. The van der Waals surface area contributed by atoms with E-state index in [4.69, 9.17) is 4.74 Å². The minimum absolute atomic E-state index is 0.0644. The van der Waals surface area contributed by atoms with Gasteiger partial charge in [-0.2, -0.15) is 4.98 Å². The summed E-state index contributed by atoms with van der Waals surface area (Å²) in [4.78, 5) is 21.8. The SMILES string of the molecule is Cc1cc(Oc2cccc(C(=O)N(C)C)c2)nc(C)n1. The molecular weight excluding hydrogens is 254 g/mol. The summed E-state index contributed by atoms with van der Waals surface area (Å²) in [5.41, 5.74) is 1.42. The van der Waals surface area contributed by atoms with Gasteiger partial charge in [0, 0.05) is 31.4 Å². The van der Waals surface area contributed by atoms with Crippen LogP contribution in [0.4, 0.5) is 0 Å². The van der Waals surface area contributed by atoms with Crippen molar-refractivity contribution in [1.82, 2.24) is 14.9 Å². The summed E-state index contributed by atoms with van der Waals surface area (Å²) in [5.74, 6) is 1.64. The second-order valence-electron chi connectivity index (χ2n) is 4.72. The van der Waals surface area contributed by atoms with E-state index < -0.39 is 0 Å². The molecule has 0 spiro atoms. The van der Waals surface area contributed by atoms with Crippen LogP contribution >= 0.6 is 0 Å². The predicted octanol–water partition coefficient (Wildman–Crippen LogP) is 2.59. The molecule has 0 N–H and O–H groups in total. The number of ether oxygens (including phenoxy) is 1. The van der Waals surface area contributed by atoms with Gasteiger partial charge in [0.25, 0.3) is 5.91 Å². The normalized spacial score (nSPS) is 10.2. The third-order valence-electron chi connectivity index (χ3n) is 2.65. The molecule has 0 unspecified atom stereocenters. The zero-order chi connectivity index (χ0) is 14.7. The average Bonchev–Trinajstić information content (AvgIpc) is 2.36. The second-order valence-corrected chi connectivity index (χ2v) is 4.72. The molecule has 0 saturated carbocycles. The minimum atomic E-state index is -0.0644. The number of hydrogen-bond donors (Lipinski definition) is 0. The summed E-state index contributed by atoms with van der Waals surface area (Å²) in [5, 5.41) is 0. The van der Waals surface area contributed by atoms with Gasteiger partial charge < -0.3 is 9.64 Å². The number of aryl methyl sites for hydroxylation is 2. The molecule has 0 aliphatic heterocycles. The Balaban J connectivity index is 2.25. The molecule has 20 heavy (non-hydrogen) atoms. The van der Waals surface area contributed by atoms with Crippen LogP contribution in [0.1, 0.15) is 21.9 Å². The maximum atomic E-state index is 11.9. The summed E-state index contributed by atoms with van der Waals surface area (Å²) in [6.07, 6.45) is 0. The Hall–Kier alpha value is -2.43. The molecule has 0 aliphatic carbocycles. The van der Waals surface area contributed by atoms with Gasteiger partial charge in [0.15, 0.2) is 0 Å². The summed E-state index contributed by atoms with van der Waals surface area (Å²) in [7, 11) is 3.43. The number of amides is 1. The summed E-state index contributed by atoms with van der Waals surface area (Å²) in [6, 6.07) is 8.79. The lowest BCUT2D eigenvalue weighted by molar-refractivity contribution is 0.0827. The van der Waals surface area contributed by atoms with Crippen LogP contribution in [-0.2, 0) is 0 Å². The molecule has 1 aromatic carbocycles. The van der Waals surface area contributed by atoms with Crippen LogP contribution in [0.3, 0.4) is 0 Å². The lowest BCUT2D eigenvalue weighted by atomic mass is 10.2. The van der Waals surface area contributed by atoms with Crippen LogP contribution in [-0.4, -0.2) is 34.9 Å². The smallest absolute Gasteiger partial charge is 0.253 e. The van der Waals surface area contributed by atoms with Crippen LogP contribution in [0.15, 0.2) is 30.3 Å². The van der Waals surface area contributed by atoms with Gasteiger partial charge in [0.2, 0.25) is 5.88 Å². The third-order valence-corrected chi connectivity index (χ3v) is 2.65. The molecule has 0 saturated heterocycles. The summed E-state index contributed by atoms with van der Waals surface area (Å²) < 4.78 is 5.69. The fourth-order valence-corrected chi connectivity index (χ4v) is 1.81. The topological polar surface area (TPSA) is 55.3 Å². The fourth-order valence-electron chi connectivity index (χ4n) is 1.81. The lowest BCUT2D eigenvalue weighted by Crippen LogP contribution is -2.21. The maximum absolute atomic E-state index is 11.9. The zero-order valence-corrected chi connectivity index (χ0v) is 12.0. The van der Waals surface area contributed by atoms with Crippen molar-refractivity contribution in [1.29, 1.82) is 0 Å². The Morgan fingerprint density at radius 2 is 1.90 bits per heavy atom. The number of carbonyl (C=O) groups is 1. The fraction of sp³-hybridized carbons (Fsp3) is 0.267. The highest BCUT2D eigenvalue weighted by atomic mass is 16.5. The van der Waals surface area contributed by atoms with E-state index in [2.05, 4.69) is 9.97 Å². The first-order valence-corrected chi connectivity index (χ1v) is 6.27. The van der Waals surface area contributed by atoms with Crippen molar-refractivity contribution < 1.29 is 9.53 Å². The Morgan fingerprint density at radius 1 is 1.15 bits per heavy atom. The highest BCUT2D eigenvalue weighted by molar-refractivity contribution is 5.94. The van der Waals surface area contributed by atoms with Gasteiger partial charge >= 0.3 is 0 Å². The van der Waals surface area contributed by atoms with Gasteiger partial charge in [-0.1, -0.05) is 6.07 Å². The van der Waals surface area contributed by atoms with E-state index in [1.165, 1.54) is 4.90 Å². The summed E-state index contributed by atoms with van der Waals surface area (Å²) >= 11 is 0. The Labute approximate surface area is 118 Å². The molecule has 0 aliphatic rings. The van der Waals surface area contributed by atoms with Gasteiger partial charge in [0.05, 0.1) is 0 Å². The molecular formula is C15H17N3O2. The molecule has 1 aromatic heterocycles. The molecule has 5 heteroatoms. The number of hydrogen-bond acceptors (Lipinski definition) is 4. The van der Waals surface area contributed by atoms with E-state index in [9.17, 15) is 4.79 Å². The number of benzene rings is 1. The highest BCUT2D eigenvalue weighted by Crippen LogP contribution is 2.21. The van der Waals surface area contributed by atoms with Gasteiger partial charge in [-0.05, 0) is 32.0 Å². The molecule has 2 rings (SSSR count). The monoisotopic (exact) mass is 271 g/mol.